The first-order valence-corrected chi connectivity index (χ1v) is 9.78. The first-order valence-electron chi connectivity index (χ1n) is 9.41. The van der Waals surface area contributed by atoms with Crippen molar-refractivity contribution in [1.82, 2.24) is 9.97 Å². The van der Waals surface area contributed by atoms with Crippen LogP contribution in [0.5, 0.6) is 0 Å². The number of nitrogens with zero attached hydrogens (tertiary/aromatic N) is 2. The molecule has 4 heteroatoms. The van der Waals surface area contributed by atoms with Gasteiger partial charge in [0.15, 0.2) is 5.82 Å². The molecule has 1 heterocycles. The highest BCUT2D eigenvalue weighted by atomic mass is 35.5. The number of benzene rings is 3. The Bertz CT molecular complexity index is 1110. The number of hydrogen-bond acceptors (Lipinski definition) is 2. The van der Waals surface area contributed by atoms with Gasteiger partial charge in [0.1, 0.15) is 5.82 Å². The van der Waals surface area contributed by atoms with Crippen LogP contribution in [0.1, 0.15) is 23.6 Å². The van der Waals surface area contributed by atoms with Crippen LogP contribution in [0.3, 0.4) is 0 Å². The largest absolute Gasteiger partial charge is 0.236 e. The van der Waals surface area contributed by atoms with Crippen LogP contribution in [-0.2, 0) is 19.3 Å². The maximum absolute atomic E-state index is 15.0. The van der Waals surface area contributed by atoms with Gasteiger partial charge in [0.25, 0.3) is 0 Å². The summed E-state index contributed by atoms with van der Waals surface area (Å²) < 4.78 is 15.0. The van der Waals surface area contributed by atoms with Crippen LogP contribution in [0.15, 0.2) is 67.0 Å². The predicted octanol–water partition coefficient (Wildman–Crippen LogP) is 6.44. The van der Waals surface area contributed by atoms with E-state index in [9.17, 15) is 0 Å². The summed E-state index contributed by atoms with van der Waals surface area (Å²) in [7, 11) is 0. The van der Waals surface area contributed by atoms with Gasteiger partial charge < -0.3 is 0 Å². The lowest BCUT2D eigenvalue weighted by Crippen LogP contribution is -1.96. The second-order valence-corrected chi connectivity index (χ2v) is 7.31. The Morgan fingerprint density at radius 1 is 0.857 bits per heavy atom. The Labute approximate surface area is 169 Å². The number of aromatic nitrogens is 2. The first-order chi connectivity index (χ1) is 13.6. The van der Waals surface area contributed by atoms with E-state index < -0.39 is 0 Å². The minimum absolute atomic E-state index is 0.153. The molecule has 4 rings (SSSR count). The van der Waals surface area contributed by atoms with Gasteiger partial charge in [-0.2, -0.15) is 0 Å². The van der Waals surface area contributed by atoms with Gasteiger partial charge in [-0.05, 0) is 59.5 Å². The number of hydrogen-bond donors (Lipinski definition) is 0. The normalized spacial score (nSPS) is 11.1. The van der Waals surface area contributed by atoms with E-state index in [4.69, 9.17) is 11.6 Å². The number of aryl methyl sites for hydroxylation is 3. The zero-order valence-electron chi connectivity index (χ0n) is 15.6. The summed E-state index contributed by atoms with van der Waals surface area (Å²) in [5, 5.41) is 2.20. The lowest BCUT2D eigenvalue weighted by Gasteiger charge is -2.09. The standard InChI is InChI=1S/C24H20ClFN2/c1-2-16-14-27-24(28-15-16)20-9-12-22-19(13-20)8-7-18(23(22)26)6-3-17-4-10-21(25)11-5-17/h4-5,7-15H,2-3,6H2,1H3. The van der Waals surface area contributed by atoms with Gasteiger partial charge in [0, 0.05) is 28.4 Å². The molecule has 0 radical (unpaired) electrons. The zero-order valence-corrected chi connectivity index (χ0v) is 16.4. The molecule has 28 heavy (non-hydrogen) atoms. The second kappa shape index (κ2) is 8.07. The average Bonchev–Trinajstić information content (AvgIpc) is 2.74. The molecule has 0 unspecified atom stereocenters. The van der Waals surface area contributed by atoms with E-state index in [1.807, 2.05) is 67.0 Å². The van der Waals surface area contributed by atoms with E-state index >= 15 is 4.39 Å². The summed E-state index contributed by atoms with van der Waals surface area (Å²) in [6, 6.07) is 17.2. The van der Waals surface area contributed by atoms with Gasteiger partial charge in [-0.25, -0.2) is 14.4 Å². The lowest BCUT2D eigenvalue weighted by molar-refractivity contribution is 0.620. The van der Waals surface area contributed by atoms with Gasteiger partial charge in [0.05, 0.1) is 0 Å². The molecular weight excluding hydrogens is 371 g/mol. The fraction of sp³-hybridized carbons (Fsp3) is 0.167. The Balaban J connectivity index is 1.59. The molecule has 0 amide bonds. The van der Waals surface area contributed by atoms with E-state index in [-0.39, 0.29) is 5.82 Å². The van der Waals surface area contributed by atoms with Crippen LogP contribution in [0, 0.1) is 5.82 Å². The van der Waals surface area contributed by atoms with E-state index in [2.05, 4.69) is 16.9 Å². The molecule has 0 saturated heterocycles. The molecule has 1 aromatic heterocycles. The van der Waals surface area contributed by atoms with Gasteiger partial charge in [-0.3, -0.25) is 0 Å². The van der Waals surface area contributed by atoms with Crippen molar-refractivity contribution in [3.8, 4) is 11.4 Å². The van der Waals surface area contributed by atoms with Crippen molar-refractivity contribution in [2.24, 2.45) is 0 Å². The Kier molecular flexibility index (Phi) is 5.36. The number of halogens is 2. The van der Waals surface area contributed by atoms with Crippen molar-refractivity contribution in [1.29, 1.82) is 0 Å². The van der Waals surface area contributed by atoms with Crippen molar-refractivity contribution in [2.45, 2.75) is 26.2 Å². The molecule has 0 atom stereocenters. The summed E-state index contributed by atoms with van der Waals surface area (Å²) >= 11 is 5.92. The molecule has 3 aromatic carbocycles. The van der Waals surface area contributed by atoms with Crippen LogP contribution in [0.4, 0.5) is 4.39 Å². The van der Waals surface area contributed by atoms with Crippen molar-refractivity contribution in [2.75, 3.05) is 0 Å². The molecule has 0 aliphatic rings. The molecule has 0 bridgehead atoms. The highest BCUT2D eigenvalue weighted by Crippen LogP contribution is 2.26. The third-order valence-corrected chi connectivity index (χ3v) is 5.25. The summed E-state index contributed by atoms with van der Waals surface area (Å²) in [5.74, 6) is 0.506. The van der Waals surface area contributed by atoms with Crippen LogP contribution >= 0.6 is 11.6 Å². The lowest BCUT2D eigenvalue weighted by atomic mass is 9.99. The number of fused-ring (bicyclic) bond motifs is 1. The Hall–Kier alpha value is -2.78. The minimum atomic E-state index is -0.153. The maximum Gasteiger partial charge on any atom is 0.159 e. The van der Waals surface area contributed by atoms with E-state index in [1.165, 1.54) is 0 Å². The third-order valence-electron chi connectivity index (χ3n) is 5.00. The van der Waals surface area contributed by atoms with Crippen LogP contribution in [0.2, 0.25) is 5.02 Å². The van der Waals surface area contributed by atoms with Crippen molar-refractivity contribution in [3.63, 3.8) is 0 Å². The fourth-order valence-electron chi connectivity index (χ4n) is 3.29. The van der Waals surface area contributed by atoms with Crippen molar-refractivity contribution < 1.29 is 4.39 Å². The molecule has 0 aliphatic carbocycles. The Morgan fingerprint density at radius 2 is 1.61 bits per heavy atom. The van der Waals surface area contributed by atoms with Crippen LogP contribution in [0.25, 0.3) is 22.2 Å². The molecule has 140 valence electrons. The smallest absolute Gasteiger partial charge is 0.159 e. The van der Waals surface area contributed by atoms with Crippen LogP contribution < -0.4 is 0 Å². The van der Waals surface area contributed by atoms with E-state index in [0.717, 1.165) is 40.5 Å². The minimum Gasteiger partial charge on any atom is -0.236 e. The van der Waals surface area contributed by atoms with Gasteiger partial charge >= 0.3 is 0 Å². The highest BCUT2D eigenvalue weighted by molar-refractivity contribution is 6.30. The van der Waals surface area contributed by atoms with E-state index in [1.54, 1.807) is 0 Å². The SMILES string of the molecule is CCc1cnc(-c2ccc3c(F)c(CCc4ccc(Cl)cc4)ccc3c2)nc1. The van der Waals surface area contributed by atoms with Crippen LogP contribution in [-0.4, -0.2) is 9.97 Å². The average molecular weight is 391 g/mol. The summed E-state index contributed by atoms with van der Waals surface area (Å²) in [6.07, 6.45) is 6.00. The molecule has 4 aromatic rings. The molecule has 2 nitrogen and oxygen atoms in total. The van der Waals surface area contributed by atoms with Gasteiger partial charge in [-0.15, -0.1) is 0 Å². The molecule has 0 aliphatic heterocycles. The number of rotatable bonds is 5. The Morgan fingerprint density at radius 3 is 2.32 bits per heavy atom. The zero-order chi connectivity index (χ0) is 19.5. The molecule has 0 spiro atoms. The highest BCUT2D eigenvalue weighted by Gasteiger charge is 2.10. The quantitative estimate of drug-likeness (QED) is 0.392. The molecular formula is C24H20ClFN2. The summed E-state index contributed by atoms with van der Waals surface area (Å²) in [5.41, 5.74) is 3.86. The third kappa shape index (κ3) is 3.90. The topological polar surface area (TPSA) is 25.8 Å². The predicted molar refractivity (Wildman–Crippen MR) is 113 cm³/mol. The maximum atomic E-state index is 15.0. The molecule has 0 N–H and O–H groups in total. The van der Waals surface area contributed by atoms with Gasteiger partial charge in [-0.1, -0.05) is 54.9 Å². The van der Waals surface area contributed by atoms with E-state index in [0.29, 0.717) is 22.7 Å². The fourth-order valence-corrected chi connectivity index (χ4v) is 3.41. The monoisotopic (exact) mass is 390 g/mol. The van der Waals surface area contributed by atoms with Crippen molar-refractivity contribution >= 4 is 22.4 Å². The summed E-state index contributed by atoms with van der Waals surface area (Å²) in [6.45, 7) is 2.07. The molecule has 0 saturated carbocycles. The summed E-state index contributed by atoms with van der Waals surface area (Å²) in [4.78, 5) is 8.84. The first kappa shape index (κ1) is 18.6. The van der Waals surface area contributed by atoms with Crippen molar-refractivity contribution in [3.05, 3.63) is 94.5 Å². The van der Waals surface area contributed by atoms with Gasteiger partial charge in [0.2, 0.25) is 0 Å². The second-order valence-electron chi connectivity index (χ2n) is 6.87. The molecule has 0 fully saturated rings.